The molecule has 0 saturated heterocycles. The van der Waals surface area contributed by atoms with Gasteiger partial charge in [-0.1, -0.05) is 39.0 Å². The lowest BCUT2D eigenvalue weighted by molar-refractivity contribution is -0.117. The van der Waals surface area contributed by atoms with E-state index in [1.165, 1.54) is 10.5 Å². The van der Waals surface area contributed by atoms with E-state index >= 15 is 0 Å². The van der Waals surface area contributed by atoms with Crippen molar-refractivity contribution in [3.05, 3.63) is 75.7 Å². The van der Waals surface area contributed by atoms with Crippen LogP contribution in [0.15, 0.2) is 59.0 Å². The minimum Gasteiger partial charge on any atom is -0.438 e. The number of hydrogen-bond donors (Lipinski definition) is 1. The lowest BCUT2D eigenvalue weighted by Gasteiger charge is -2.19. The summed E-state index contributed by atoms with van der Waals surface area (Å²) in [5, 5.41) is 12.2. The van der Waals surface area contributed by atoms with Crippen molar-refractivity contribution in [3.8, 4) is 17.7 Å². The Hall–Kier alpha value is -3.96. The molecule has 0 spiro atoms. The van der Waals surface area contributed by atoms with Gasteiger partial charge in [-0.2, -0.15) is 10.2 Å². The molecule has 1 amide bonds. The van der Waals surface area contributed by atoms with Crippen LogP contribution in [0, 0.1) is 11.3 Å². The Bertz CT molecular complexity index is 1300. The van der Waals surface area contributed by atoms with Gasteiger partial charge in [-0.15, -0.1) is 0 Å². The molecule has 1 N–H and O–H groups in total. The minimum absolute atomic E-state index is 0.00666. The summed E-state index contributed by atoms with van der Waals surface area (Å²) in [7, 11) is 1.57. The van der Waals surface area contributed by atoms with Crippen LogP contribution < -0.4 is 15.6 Å². The molecule has 0 aliphatic carbocycles. The van der Waals surface area contributed by atoms with Gasteiger partial charge in [0.2, 0.25) is 5.88 Å². The molecule has 34 heavy (non-hydrogen) atoms. The van der Waals surface area contributed by atoms with Gasteiger partial charge >= 0.3 is 0 Å². The highest BCUT2D eigenvalue weighted by atomic mass is 16.5. The van der Waals surface area contributed by atoms with Crippen molar-refractivity contribution in [1.82, 2.24) is 14.7 Å². The maximum Gasteiger partial charge on any atom is 0.269 e. The van der Waals surface area contributed by atoms with Crippen LogP contribution >= 0.6 is 0 Å². The predicted octanol–water partition coefficient (Wildman–Crippen LogP) is 3.84. The van der Waals surface area contributed by atoms with Crippen molar-refractivity contribution in [2.75, 3.05) is 20.3 Å². The van der Waals surface area contributed by atoms with Crippen LogP contribution in [0.3, 0.4) is 0 Å². The SMILES string of the molecule is COCCCNC(=O)C(C#N)=Cc1c(Oc2ccc(C(C)(C)C)cc2)nc2ccccn2c1=O. The summed E-state index contributed by atoms with van der Waals surface area (Å²) in [6.07, 6.45) is 3.39. The standard InChI is InChI=1S/C26H28N4O4/c1-26(2,3)19-9-11-20(12-10-19)34-24-21(25(32)30-14-6-5-8-22(30)29-24)16-18(17-27)23(31)28-13-7-15-33-4/h5-6,8-12,14,16H,7,13,15H2,1-4H3,(H,28,31). The van der Waals surface area contributed by atoms with Gasteiger partial charge in [0.25, 0.3) is 11.5 Å². The second kappa shape index (κ2) is 10.8. The number of nitrogens with zero attached hydrogens (tertiary/aromatic N) is 3. The number of pyridine rings is 1. The number of ether oxygens (including phenoxy) is 2. The molecule has 3 rings (SSSR count). The lowest BCUT2D eigenvalue weighted by Crippen LogP contribution is -2.27. The maximum absolute atomic E-state index is 13.2. The smallest absolute Gasteiger partial charge is 0.269 e. The van der Waals surface area contributed by atoms with Gasteiger partial charge in [0.05, 0.1) is 0 Å². The van der Waals surface area contributed by atoms with E-state index in [0.29, 0.717) is 31.0 Å². The first-order valence-electron chi connectivity index (χ1n) is 10.9. The monoisotopic (exact) mass is 460 g/mol. The molecule has 0 saturated carbocycles. The van der Waals surface area contributed by atoms with Crippen LogP contribution in [0.5, 0.6) is 11.6 Å². The van der Waals surface area contributed by atoms with Crippen LogP contribution in [0.4, 0.5) is 0 Å². The Kier molecular flexibility index (Phi) is 7.82. The maximum atomic E-state index is 13.2. The zero-order chi connectivity index (χ0) is 24.7. The van der Waals surface area contributed by atoms with Crippen LogP contribution in [0.1, 0.15) is 38.3 Å². The van der Waals surface area contributed by atoms with Crippen molar-refractivity contribution < 1.29 is 14.3 Å². The molecule has 0 aliphatic heterocycles. The Labute approximate surface area is 198 Å². The summed E-state index contributed by atoms with van der Waals surface area (Å²) in [6.45, 7) is 7.15. The first kappa shape index (κ1) is 24.7. The van der Waals surface area contributed by atoms with E-state index in [9.17, 15) is 14.9 Å². The fourth-order valence-electron chi connectivity index (χ4n) is 3.22. The highest BCUT2D eigenvalue weighted by Crippen LogP contribution is 2.28. The van der Waals surface area contributed by atoms with E-state index in [4.69, 9.17) is 9.47 Å². The normalized spacial score (nSPS) is 11.8. The van der Waals surface area contributed by atoms with E-state index in [1.807, 2.05) is 18.2 Å². The van der Waals surface area contributed by atoms with Gasteiger partial charge in [-0.3, -0.25) is 14.0 Å². The number of amides is 1. The number of hydrogen-bond acceptors (Lipinski definition) is 6. The number of aromatic nitrogens is 2. The number of methoxy groups -OCH3 is 1. The molecule has 8 heteroatoms. The van der Waals surface area contributed by atoms with Crippen molar-refractivity contribution in [1.29, 1.82) is 5.26 Å². The van der Waals surface area contributed by atoms with Gasteiger partial charge in [0.15, 0.2) is 0 Å². The van der Waals surface area contributed by atoms with E-state index in [0.717, 1.165) is 5.56 Å². The van der Waals surface area contributed by atoms with Gasteiger partial charge in [-0.05, 0) is 47.7 Å². The predicted molar refractivity (Wildman–Crippen MR) is 130 cm³/mol. The molecule has 8 nitrogen and oxygen atoms in total. The van der Waals surface area contributed by atoms with Gasteiger partial charge in [-0.25, -0.2) is 0 Å². The first-order chi connectivity index (χ1) is 16.2. The van der Waals surface area contributed by atoms with Gasteiger partial charge in [0, 0.05) is 26.5 Å². The van der Waals surface area contributed by atoms with E-state index < -0.39 is 11.5 Å². The topological polar surface area (TPSA) is 106 Å². The second-order valence-corrected chi connectivity index (χ2v) is 8.71. The highest BCUT2D eigenvalue weighted by molar-refractivity contribution is 6.01. The summed E-state index contributed by atoms with van der Waals surface area (Å²) in [5.74, 6) is -0.0892. The van der Waals surface area contributed by atoms with Crippen LogP contribution in [0.25, 0.3) is 11.7 Å². The van der Waals surface area contributed by atoms with Gasteiger partial charge < -0.3 is 14.8 Å². The summed E-state index contributed by atoms with van der Waals surface area (Å²) >= 11 is 0. The van der Waals surface area contributed by atoms with E-state index in [2.05, 4.69) is 31.1 Å². The number of nitrogens with one attached hydrogen (secondary N) is 1. The zero-order valence-electron chi connectivity index (χ0n) is 19.8. The van der Waals surface area contributed by atoms with Crippen LogP contribution in [0.2, 0.25) is 0 Å². The van der Waals surface area contributed by atoms with Crippen molar-refractivity contribution in [3.63, 3.8) is 0 Å². The number of carbonyl (C=O) groups is 1. The van der Waals surface area contributed by atoms with Crippen molar-refractivity contribution in [2.24, 2.45) is 0 Å². The number of rotatable bonds is 8. The molecular formula is C26H28N4O4. The first-order valence-corrected chi connectivity index (χ1v) is 10.9. The molecule has 0 aliphatic rings. The number of fused-ring (bicyclic) bond motifs is 1. The third-order valence-electron chi connectivity index (χ3n) is 5.13. The summed E-state index contributed by atoms with van der Waals surface area (Å²) < 4.78 is 12.3. The largest absolute Gasteiger partial charge is 0.438 e. The summed E-state index contributed by atoms with van der Waals surface area (Å²) in [5.41, 5.74) is 0.821. The Balaban J connectivity index is 2.02. The molecule has 0 unspecified atom stereocenters. The average Bonchev–Trinajstić information content (AvgIpc) is 2.81. The third kappa shape index (κ3) is 5.88. The molecule has 2 aromatic heterocycles. The van der Waals surface area contributed by atoms with Crippen molar-refractivity contribution in [2.45, 2.75) is 32.6 Å². The highest BCUT2D eigenvalue weighted by Gasteiger charge is 2.18. The molecule has 176 valence electrons. The molecule has 0 fully saturated rings. The number of benzene rings is 1. The third-order valence-corrected chi connectivity index (χ3v) is 5.13. The molecule has 0 bridgehead atoms. The molecule has 2 heterocycles. The zero-order valence-corrected chi connectivity index (χ0v) is 19.8. The molecule has 0 atom stereocenters. The van der Waals surface area contributed by atoms with Crippen LogP contribution in [-0.2, 0) is 14.9 Å². The molecular weight excluding hydrogens is 432 g/mol. The average molecular weight is 461 g/mol. The summed E-state index contributed by atoms with van der Waals surface area (Å²) in [4.78, 5) is 30.2. The van der Waals surface area contributed by atoms with Crippen LogP contribution in [-0.4, -0.2) is 35.6 Å². The Morgan fingerprint density at radius 3 is 2.59 bits per heavy atom. The number of carbonyl (C=O) groups excluding carboxylic acids is 1. The molecule has 0 radical (unpaired) electrons. The van der Waals surface area contributed by atoms with Crippen molar-refractivity contribution >= 4 is 17.6 Å². The summed E-state index contributed by atoms with van der Waals surface area (Å²) in [6, 6.07) is 14.5. The van der Waals surface area contributed by atoms with Gasteiger partial charge in [0.1, 0.15) is 28.6 Å². The van der Waals surface area contributed by atoms with E-state index in [-0.39, 0.29) is 22.4 Å². The van der Waals surface area contributed by atoms with E-state index in [1.54, 1.807) is 43.6 Å². The number of nitriles is 1. The lowest BCUT2D eigenvalue weighted by atomic mass is 9.87. The second-order valence-electron chi connectivity index (χ2n) is 8.71. The fraction of sp³-hybridized carbons (Fsp3) is 0.308. The quantitative estimate of drug-likeness (QED) is 0.311. The minimum atomic E-state index is -0.586. The Morgan fingerprint density at radius 2 is 1.94 bits per heavy atom. The fourth-order valence-corrected chi connectivity index (χ4v) is 3.22. The Morgan fingerprint density at radius 1 is 1.21 bits per heavy atom. The molecule has 1 aromatic carbocycles. The molecule has 3 aromatic rings.